The second-order valence-electron chi connectivity index (χ2n) is 7.64. The lowest BCUT2D eigenvalue weighted by atomic mass is 10.0. The number of nitrogens with zero attached hydrogens (tertiary/aromatic N) is 1. The molecule has 0 fully saturated rings. The van der Waals surface area contributed by atoms with Gasteiger partial charge in [-0.2, -0.15) is 0 Å². The Hall–Kier alpha value is -3.35. The molecule has 0 spiro atoms. The van der Waals surface area contributed by atoms with Gasteiger partial charge < -0.3 is 19.1 Å². The number of para-hydroxylation sites is 1. The molecule has 2 aromatic carbocycles. The molecule has 0 bridgehead atoms. The maximum atomic E-state index is 12.8. The van der Waals surface area contributed by atoms with Crippen LogP contribution in [0.1, 0.15) is 42.1 Å². The van der Waals surface area contributed by atoms with E-state index in [-0.39, 0.29) is 24.5 Å². The molecule has 31 heavy (non-hydrogen) atoms. The third-order valence-corrected chi connectivity index (χ3v) is 5.45. The van der Waals surface area contributed by atoms with Crippen molar-refractivity contribution < 1.29 is 28.6 Å². The Morgan fingerprint density at radius 1 is 1.03 bits per heavy atom. The summed E-state index contributed by atoms with van der Waals surface area (Å²) in [6.45, 7) is 3.08. The predicted molar refractivity (Wildman–Crippen MR) is 114 cm³/mol. The van der Waals surface area contributed by atoms with E-state index in [0.29, 0.717) is 36.8 Å². The standard InChI is InChI=1S/C24H25NO6/c1-16(24(28)25-12-4-6-17-5-2-3-7-19(17)25)31-23(27)11-9-20(26)18-8-10-21-22(15-18)30-14-13-29-21/h2-3,5,7-8,10,15-16H,4,6,9,11-14H2,1H3. The van der Waals surface area contributed by atoms with E-state index in [0.717, 1.165) is 24.1 Å². The number of esters is 1. The van der Waals surface area contributed by atoms with Gasteiger partial charge in [-0.15, -0.1) is 0 Å². The van der Waals surface area contributed by atoms with Crippen molar-refractivity contribution in [2.75, 3.05) is 24.7 Å². The van der Waals surface area contributed by atoms with Gasteiger partial charge in [-0.1, -0.05) is 18.2 Å². The van der Waals surface area contributed by atoms with Crippen molar-refractivity contribution in [3.05, 3.63) is 53.6 Å². The van der Waals surface area contributed by atoms with Crippen LogP contribution in [0.25, 0.3) is 0 Å². The van der Waals surface area contributed by atoms with Crippen molar-refractivity contribution >= 4 is 23.3 Å². The lowest BCUT2D eigenvalue weighted by molar-refractivity contribution is -0.153. The largest absolute Gasteiger partial charge is 0.486 e. The van der Waals surface area contributed by atoms with Gasteiger partial charge in [0.15, 0.2) is 23.4 Å². The first kappa shape index (κ1) is 20.9. The highest BCUT2D eigenvalue weighted by atomic mass is 16.6. The number of hydrogen-bond donors (Lipinski definition) is 0. The van der Waals surface area contributed by atoms with E-state index in [1.165, 1.54) is 0 Å². The van der Waals surface area contributed by atoms with Crippen LogP contribution in [0.4, 0.5) is 5.69 Å². The fourth-order valence-corrected chi connectivity index (χ4v) is 3.87. The van der Waals surface area contributed by atoms with Gasteiger partial charge >= 0.3 is 5.97 Å². The van der Waals surface area contributed by atoms with Crippen LogP contribution in [0.15, 0.2) is 42.5 Å². The molecule has 0 saturated heterocycles. The van der Waals surface area contributed by atoms with Crippen LogP contribution in [-0.2, 0) is 20.7 Å². The molecule has 0 N–H and O–H groups in total. The number of anilines is 1. The van der Waals surface area contributed by atoms with Crippen molar-refractivity contribution in [1.29, 1.82) is 0 Å². The molecule has 2 aliphatic rings. The quantitative estimate of drug-likeness (QED) is 0.524. The van der Waals surface area contributed by atoms with E-state index in [1.807, 2.05) is 24.3 Å². The lowest BCUT2D eigenvalue weighted by Gasteiger charge is -2.31. The van der Waals surface area contributed by atoms with Crippen molar-refractivity contribution in [3.8, 4) is 11.5 Å². The van der Waals surface area contributed by atoms with Gasteiger partial charge in [0.2, 0.25) is 0 Å². The van der Waals surface area contributed by atoms with Crippen LogP contribution < -0.4 is 14.4 Å². The summed E-state index contributed by atoms with van der Waals surface area (Å²) in [5.74, 6) is 0.114. The summed E-state index contributed by atoms with van der Waals surface area (Å²) in [5, 5.41) is 0. The summed E-state index contributed by atoms with van der Waals surface area (Å²) in [6, 6.07) is 12.7. The number of rotatable bonds is 6. The molecule has 2 aromatic rings. The van der Waals surface area contributed by atoms with Crippen LogP contribution in [-0.4, -0.2) is 43.5 Å². The average molecular weight is 423 g/mol. The predicted octanol–water partition coefficient (Wildman–Crippen LogP) is 3.33. The molecule has 0 saturated carbocycles. The van der Waals surface area contributed by atoms with Gasteiger partial charge in [0.05, 0.1) is 6.42 Å². The highest BCUT2D eigenvalue weighted by Gasteiger charge is 2.28. The maximum absolute atomic E-state index is 12.8. The molecule has 2 aliphatic heterocycles. The fourth-order valence-electron chi connectivity index (χ4n) is 3.87. The summed E-state index contributed by atoms with van der Waals surface area (Å²) < 4.78 is 16.3. The molecule has 1 unspecified atom stereocenters. The summed E-state index contributed by atoms with van der Waals surface area (Å²) >= 11 is 0. The second kappa shape index (κ2) is 9.20. The Bertz CT molecular complexity index is 1000. The van der Waals surface area contributed by atoms with Gasteiger partial charge in [0.1, 0.15) is 13.2 Å². The number of Topliss-reactive ketones (excluding diaryl/α,β-unsaturated/α-hetero) is 1. The van der Waals surface area contributed by atoms with Gasteiger partial charge in [0, 0.05) is 24.2 Å². The number of fused-ring (bicyclic) bond motifs is 2. The van der Waals surface area contributed by atoms with E-state index >= 15 is 0 Å². The average Bonchev–Trinajstić information content (AvgIpc) is 2.81. The van der Waals surface area contributed by atoms with Crippen molar-refractivity contribution in [2.24, 2.45) is 0 Å². The molecule has 162 valence electrons. The number of hydrogen-bond acceptors (Lipinski definition) is 6. The Balaban J connectivity index is 1.31. The summed E-state index contributed by atoms with van der Waals surface area (Å²) in [4.78, 5) is 39.3. The molecule has 4 rings (SSSR count). The van der Waals surface area contributed by atoms with Crippen molar-refractivity contribution in [3.63, 3.8) is 0 Å². The van der Waals surface area contributed by atoms with Gasteiger partial charge in [-0.25, -0.2) is 0 Å². The zero-order valence-electron chi connectivity index (χ0n) is 17.5. The number of amides is 1. The molecular weight excluding hydrogens is 398 g/mol. The number of benzene rings is 2. The highest BCUT2D eigenvalue weighted by Crippen LogP contribution is 2.31. The molecule has 1 amide bonds. The number of aryl methyl sites for hydroxylation is 1. The summed E-state index contributed by atoms with van der Waals surface area (Å²) in [7, 11) is 0. The third kappa shape index (κ3) is 4.71. The van der Waals surface area contributed by atoms with Crippen molar-refractivity contribution in [1.82, 2.24) is 0 Å². The number of ether oxygens (including phenoxy) is 3. The van der Waals surface area contributed by atoms with Gasteiger partial charge in [-0.3, -0.25) is 14.4 Å². The van der Waals surface area contributed by atoms with Crippen LogP contribution in [0.2, 0.25) is 0 Å². The number of carbonyl (C=O) groups excluding carboxylic acids is 3. The molecule has 1 atom stereocenters. The Morgan fingerprint density at radius 3 is 2.65 bits per heavy atom. The van der Waals surface area contributed by atoms with E-state index in [4.69, 9.17) is 14.2 Å². The third-order valence-electron chi connectivity index (χ3n) is 5.45. The Labute approximate surface area is 180 Å². The minimum absolute atomic E-state index is 0.00800. The normalized spacial score (nSPS) is 15.6. The minimum Gasteiger partial charge on any atom is -0.486 e. The second-order valence-corrected chi connectivity index (χ2v) is 7.64. The van der Waals surface area contributed by atoms with Crippen LogP contribution >= 0.6 is 0 Å². The monoisotopic (exact) mass is 423 g/mol. The number of ketones is 1. The van der Waals surface area contributed by atoms with Crippen molar-refractivity contribution in [2.45, 2.75) is 38.7 Å². The van der Waals surface area contributed by atoms with E-state index < -0.39 is 12.1 Å². The van der Waals surface area contributed by atoms with Crippen LogP contribution in [0.5, 0.6) is 11.5 Å². The number of carbonyl (C=O) groups is 3. The molecule has 7 heteroatoms. The first-order valence-electron chi connectivity index (χ1n) is 10.5. The van der Waals surface area contributed by atoms with Gasteiger partial charge in [-0.05, 0) is 49.6 Å². The molecule has 7 nitrogen and oxygen atoms in total. The SMILES string of the molecule is CC(OC(=O)CCC(=O)c1ccc2c(c1)OCCO2)C(=O)N1CCCc2ccccc21. The van der Waals surface area contributed by atoms with E-state index in [2.05, 4.69) is 0 Å². The van der Waals surface area contributed by atoms with Crippen LogP contribution in [0, 0.1) is 0 Å². The molecule has 0 aliphatic carbocycles. The lowest BCUT2D eigenvalue weighted by Crippen LogP contribution is -2.42. The summed E-state index contributed by atoms with van der Waals surface area (Å²) in [5.41, 5.74) is 2.44. The first-order valence-corrected chi connectivity index (χ1v) is 10.5. The minimum atomic E-state index is -0.914. The van der Waals surface area contributed by atoms with Gasteiger partial charge in [0.25, 0.3) is 5.91 Å². The fraction of sp³-hybridized carbons (Fsp3) is 0.375. The molecule has 0 radical (unpaired) electrons. The molecule has 0 aromatic heterocycles. The Morgan fingerprint density at radius 2 is 1.81 bits per heavy atom. The Kier molecular flexibility index (Phi) is 6.21. The zero-order valence-corrected chi connectivity index (χ0v) is 17.5. The highest BCUT2D eigenvalue weighted by molar-refractivity contribution is 6.00. The maximum Gasteiger partial charge on any atom is 0.307 e. The smallest absolute Gasteiger partial charge is 0.307 e. The summed E-state index contributed by atoms with van der Waals surface area (Å²) in [6.07, 6.45) is 0.778. The molecular formula is C24H25NO6. The first-order chi connectivity index (χ1) is 15.0. The van der Waals surface area contributed by atoms with E-state index in [1.54, 1.807) is 30.0 Å². The van der Waals surface area contributed by atoms with Crippen LogP contribution in [0.3, 0.4) is 0 Å². The van der Waals surface area contributed by atoms with E-state index in [9.17, 15) is 14.4 Å². The zero-order chi connectivity index (χ0) is 21.8. The molecule has 2 heterocycles. The topological polar surface area (TPSA) is 82.1 Å².